The van der Waals surface area contributed by atoms with E-state index in [-0.39, 0.29) is 30.6 Å². The molecule has 3 fully saturated rings. The van der Waals surface area contributed by atoms with Gasteiger partial charge in [-0.25, -0.2) is 8.78 Å². The molecule has 0 saturated carbocycles. The highest BCUT2D eigenvalue weighted by molar-refractivity contribution is 6.24. The Morgan fingerprint density at radius 2 is 1.82 bits per heavy atom. The molecule has 2 N–H and O–H groups in total. The smallest absolute Gasteiger partial charge is 0.265 e. The number of nitrogens with zero attached hydrogens (tertiary/aromatic N) is 2. The number of nitrogens with one attached hydrogen (secondary N) is 2. The van der Waals surface area contributed by atoms with Crippen molar-refractivity contribution in [3.8, 4) is 0 Å². The average Bonchev–Trinajstić information content (AvgIpc) is 3.33. The Kier molecular flexibility index (Phi) is 3.57. The minimum absolute atomic E-state index is 0.00426. The van der Waals surface area contributed by atoms with Crippen molar-refractivity contribution in [1.29, 1.82) is 0 Å². The number of hydrogen-bond donors (Lipinski definition) is 2. The van der Waals surface area contributed by atoms with Gasteiger partial charge in [-0.05, 0) is 12.8 Å². The van der Waals surface area contributed by atoms with Crippen molar-refractivity contribution in [1.82, 2.24) is 15.5 Å². The molecule has 3 saturated heterocycles. The second-order valence-corrected chi connectivity index (χ2v) is 7.54. The van der Waals surface area contributed by atoms with E-state index in [1.807, 2.05) is 0 Å². The number of imide groups is 2. The minimum Gasteiger partial charge on any atom is -0.363 e. The van der Waals surface area contributed by atoms with Gasteiger partial charge in [-0.15, -0.1) is 0 Å². The van der Waals surface area contributed by atoms with E-state index in [0.717, 1.165) is 12.5 Å². The number of carbonyl (C=O) groups is 4. The number of fused-ring (bicyclic) bond motifs is 3. The molecule has 0 aliphatic carbocycles. The van der Waals surface area contributed by atoms with Crippen LogP contribution in [0.4, 0.5) is 14.5 Å². The first-order chi connectivity index (χ1) is 13.4. The Bertz CT molecular complexity index is 965. The van der Waals surface area contributed by atoms with Crippen LogP contribution in [0.3, 0.4) is 0 Å². The molecule has 0 radical (unpaired) electrons. The van der Waals surface area contributed by atoms with Crippen LogP contribution in [0.25, 0.3) is 0 Å². The molecule has 4 heterocycles. The highest BCUT2D eigenvalue weighted by Crippen LogP contribution is 2.38. The van der Waals surface area contributed by atoms with Gasteiger partial charge < -0.3 is 10.2 Å². The van der Waals surface area contributed by atoms with Gasteiger partial charge in [-0.2, -0.15) is 0 Å². The van der Waals surface area contributed by atoms with Crippen LogP contribution in [-0.4, -0.2) is 59.7 Å². The quantitative estimate of drug-likeness (QED) is 0.686. The van der Waals surface area contributed by atoms with Crippen LogP contribution < -0.4 is 15.5 Å². The van der Waals surface area contributed by atoms with Crippen molar-refractivity contribution in [3.05, 3.63) is 28.8 Å². The van der Waals surface area contributed by atoms with E-state index in [4.69, 9.17) is 0 Å². The molecular weight excluding hydrogens is 374 g/mol. The third-order valence-electron chi connectivity index (χ3n) is 5.95. The molecule has 4 aliphatic rings. The highest BCUT2D eigenvalue weighted by atomic mass is 19.1. The normalized spacial score (nSPS) is 29.0. The Morgan fingerprint density at radius 3 is 2.46 bits per heavy atom. The van der Waals surface area contributed by atoms with Crippen molar-refractivity contribution in [2.24, 2.45) is 0 Å². The average molecular weight is 390 g/mol. The summed E-state index contributed by atoms with van der Waals surface area (Å²) < 4.78 is 30.1. The number of piperazine rings is 1. The van der Waals surface area contributed by atoms with E-state index in [2.05, 4.69) is 10.6 Å². The van der Waals surface area contributed by atoms with E-state index in [0.29, 0.717) is 18.0 Å². The van der Waals surface area contributed by atoms with Gasteiger partial charge in [0, 0.05) is 37.7 Å². The molecule has 0 aromatic heterocycles. The topological polar surface area (TPSA) is 98.8 Å². The number of carbonyl (C=O) groups excluding carboxylic acids is 4. The molecule has 146 valence electrons. The Morgan fingerprint density at radius 1 is 1.07 bits per heavy atom. The van der Waals surface area contributed by atoms with Gasteiger partial charge in [-0.1, -0.05) is 0 Å². The second-order valence-electron chi connectivity index (χ2n) is 7.54. The fourth-order valence-electron chi connectivity index (χ4n) is 4.63. The molecule has 3 unspecified atom stereocenters. The Balaban J connectivity index is 1.55. The zero-order valence-corrected chi connectivity index (χ0v) is 14.6. The predicted octanol–water partition coefficient (Wildman–Crippen LogP) is -0.0835. The van der Waals surface area contributed by atoms with Crippen LogP contribution in [0.15, 0.2) is 6.07 Å². The molecule has 4 aliphatic heterocycles. The lowest BCUT2D eigenvalue weighted by molar-refractivity contribution is -0.136. The minimum atomic E-state index is -1.26. The summed E-state index contributed by atoms with van der Waals surface area (Å²) in [6.45, 7) is 1.12. The summed E-state index contributed by atoms with van der Waals surface area (Å²) in [6.07, 6.45) is 0.658. The summed E-state index contributed by atoms with van der Waals surface area (Å²) in [6, 6.07) is -0.138. The number of amides is 4. The van der Waals surface area contributed by atoms with Crippen molar-refractivity contribution in [2.75, 3.05) is 18.0 Å². The molecular formula is C18H16F2N4O4. The lowest BCUT2D eigenvalue weighted by Gasteiger charge is -2.30. The van der Waals surface area contributed by atoms with Crippen LogP contribution in [0.1, 0.15) is 40.0 Å². The molecule has 5 rings (SSSR count). The van der Waals surface area contributed by atoms with Gasteiger partial charge in [0.1, 0.15) is 11.9 Å². The largest absolute Gasteiger partial charge is 0.363 e. The Hall–Kier alpha value is -2.88. The van der Waals surface area contributed by atoms with Gasteiger partial charge in [-0.3, -0.25) is 29.4 Å². The molecule has 0 spiro atoms. The maximum absolute atomic E-state index is 15.3. The summed E-state index contributed by atoms with van der Waals surface area (Å²) >= 11 is 0. The maximum Gasteiger partial charge on any atom is 0.265 e. The molecule has 1 aromatic rings. The van der Waals surface area contributed by atoms with Crippen molar-refractivity contribution >= 4 is 29.3 Å². The number of benzene rings is 1. The van der Waals surface area contributed by atoms with Gasteiger partial charge >= 0.3 is 0 Å². The van der Waals surface area contributed by atoms with E-state index in [9.17, 15) is 23.6 Å². The number of anilines is 1. The SMILES string of the molecule is O=C1CCC(N2C(=O)c3c(F)cc(N4CC5CC4CN5)c(F)c3C2=O)C(=O)N1. The van der Waals surface area contributed by atoms with Crippen LogP contribution in [0, 0.1) is 11.6 Å². The molecule has 4 amide bonds. The summed E-state index contributed by atoms with van der Waals surface area (Å²) in [5.41, 5.74) is -1.34. The zero-order valence-electron chi connectivity index (χ0n) is 14.6. The van der Waals surface area contributed by atoms with Crippen molar-refractivity contribution in [3.63, 3.8) is 0 Å². The summed E-state index contributed by atoms with van der Waals surface area (Å²) in [5, 5.41) is 5.31. The highest BCUT2D eigenvalue weighted by Gasteiger charge is 2.49. The van der Waals surface area contributed by atoms with Crippen LogP contribution in [0.2, 0.25) is 0 Å². The van der Waals surface area contributed by atoms with Crippen molar-refractivity contribution < 1.29 is 28.0 Å². The van der Waals surface area contributed by atoms with Crippen LogP contribution >= 0.6 is 0 Å². The van der Waals surface area contributed by atoms with E-state index >= 15 is 4.39 Å². The molecule has 8 nitrogen and oxygen atoms in total. The molecule has 10 heteroatoms. The zero-order chi connectivity index (χ0) is 19.7. The van der Waals surface area contributed by atoms with Gasteiger partial charge in [0.05, 0.1) is 16.8 Å². The van der Waals surface area contributed by atoms with Crippen LogP contribution in [0.5, 0.6) is 0 Å². The fourth-order valence-corrected chi connectivity index (χ4v) is 4.63. The van der Waals surface area contributed by atoms with Crippen molar-refractivity contribution in [2.45, 2.75) is 37.4 Å². The number of piperidine rings is 1. The third-order valence-corrected chi connectivity index (χ3v) is 5.95. The van der Waals surface area contributed by atoms with Crippen LogP contribution in [-0.2, 0) is 9.59 Å². The molecule has 28 heavy (non-hydrogen) atoms. The van der Waals surface area contributed by atoms with Gasteiger partial charge in [0.25, 0.3) is 11.8 Å². The lowest BCUT2D eigenvalue weighted by Crippen LogP contribution is -2.54. The number of rotatable bonds is 2. The third kappa shape index (κ3) is 2.24. The summed E-state index contributed by atoms with van der Waals surface area (Å²) in [7, 11) is 0. The van der Waals surface area contributed by atoms with Gasteiger partial charge in [0.2, 0.25) is 11.8 Å². The molecule has 3 atom stereocenters. The maximum atomic E-state index is 15.3. The van der Waals surface area contributed by atoms with E-state index in [1.54, 1.807) is 4.90 Å². The standard InChI is InChI=1S/C18H16F2N4O4/c19-9-4-11(23-6-7-3-8(23)5-21-7)15(20)14-13(9)17(27)24(18(14)28)10-1-2-12(25)22-16(10)26/h4,7-8,10,21H,1-3,5-6H2,(H,22,25,26). The fraction of sp³-hybridized carbons (Fsp3) is 0.444. The van der Waals surface area contributed by atoms with Gasteiger partial charge in [0.15, 0.2) is 5.82 Å². The first kappa shape index (κ1) is 17.2. The first-order valence-electron chi connectivity index (χ1n) is 9.10. The number of halogens is 2. The lowest BCUT2D eigenvalue weighted by atomic mass is 10.0. The summed E-state index contributed by atoms with van der Waals surface area (Å²) in [5.74, 6) is -5.38. The Labute approximate surface area is 157 Å². The monoisotopic (exact) mass is 390 g/mol. The first-order valence-corrected chi connectivity index (χ1v) is 9.10. The summed E-state index contributed by atoms with van der Waals surface area (Å²) in [4.78, 5) is 51.2. The molecule has 2 bridgehead atoms. The number of hydrogen-bond acceptors (Lipinski definition) is 6. The van der Waals surface area contributed by atoms with E-state index < -0.39 is 52.4 Å². The second kappa shape index (κ2) is 5.81. The van der Waals surface area contributed by atoms with E-state index in [1.165, 1.54) is 0 Å². The predicted molar refractivity (Wildman–Crippen MR) is 90.6 cm³/mol. The molecule has 1 aromatic carbocycles.